The van der Waals surface area contributed by atoms with Gasteiger partial charge in [-0.25, -0.2) is 0 Å². The van der Waals surface area contributed by atoms with E-state index in [2.05, 4.69) is 11.7 Å². The minimum Gasteiger partial charge on any atom is -0.469 e. The Balaban J connectivity index is 2.43. The predicted molar refractivity (Wildman–Crippen MR) is 70.0 cm³/mol. The van der Waals surface area contributed by atoms with Gasteiger partial charge in [0.25, 0.3) is 0 Å². The highest BCUT2D eigenvalue weighted by Crippen LogP contribution is 2.29. The second-order valence-electron chi connectivity index (χ2n) is 5.20. The van der Waals surface area contributed by atoms with Crippen molar-refractivity contribution in [3.63, 3.8) is 0 Å². The maximum absolute atomic E-state index is 12.3. The number of ether oxygens (including phenoxy) is 1. The molecular weight excluding hydrogens is 230 g/mol. The molecule has 1 aliphatic carbocycles. The summed E-state index contributed by atoms with van der Waals surface area (Å²) in [5.41, 5.74) is 0. The largest absolute Gasteiger partial charge is 0.469 e. The monoisotopic (exact) mass is 255 g/mol. The molecule has 0 spiro atoms. The normalized spacial score (nSPS) is 23.5. The van der Waals surface area contributed by atoms with E-state index in [1.807, 2.05) is 6.92 Å². The summed E-state index contributed by atoms with van der Waals surface area (Å²) in [7, 11) is 1.38. The SMILES string of the molecule is CCN(CCC(=O)OC)C(=O)C1CCC(C)CC1. The van der Waals surface area contributed by atoms with Gasteiger partial charge in [-0.1, -0.05) is 6.92 Å². The average Bonchev–Trinajstić information content (AvgIpc) is 2.39. The first-order chi connectivity index (χ1) is 8.58. The van der Waals surface area contributed by atoms with Gasteiger partial charge in [-0.2, -0.15) is 0 Å². The van der Waals surface area contributed by atoms with E-state index in [0.717, 1.165) is 31.6 Å². The molecule has 1 fully saturated rings. The second-order valence-corrected chi connectivity index (χ2v) is 5.20. The predicted octanol–water partition coefficient (Wildman–Crippen LogP) is 2.22. The van der Waals surface area contributed by atoms with Gasteiger partial charge in [0.05, 0.1) is 13.5 Å². The molecule has 4 nitrogen and oxygen atoms in total. The summed E-state index contributed by atoms with van der Waals surface area (Å²) in [5, 5.41) is 0. The molecule has 0 aromatic heterocycles. The second kappa shape index (κ2) is 7.39. The summed E-state index contributed by atoms with van der Waals surface area (Å²) < 4.78 is 4.61. The highest BCUT2D eigenvalue weighted by molar-refractivity contribution is 5.79. The fourth-order valence-electron chi connectivity index (χ4n) is 2.52. The van der Waals surface area contributed by atoms with Crippen LogP contribution in [-0.4, -0.2) is 37.0 Å². The van der Waals surface area contributed by atoms with Crippen LogP contribution in [0.3, 0.4) is 0 Å². The zero-order chi connectivity index (χ0) is 13.5. The van der Waals surface area contributed by atoms with Gasteiger partial charge >= 0.3 is 5.97 Å². The van der Waals surface area contributed by atoms with Crippen molar-refractivity contribution in [2.24, 2.45) is 11.8 Å². The van der Waals surface area contributed by atoms with Crippen LogP contribution >= 0.6 is 0 Å². The van der Waals surface area contributed by atoms with Crippen LogP contribution in [0.15, 0.2) is 0 Å². The Bertz CT molecular complexity index is 283. The Morgan fingerprint density at radius 2 is 1.83 bits per heavy atom. The van der Waals surface area contributed by atoms with Crippen molar-refractivity contribution in [1.29, 1.82) is 0 Å². The molecule has 0 atom stereocenters. The minimum atomic E-state index is -0.251. The molecule has 0 aromatic carbocycles. The molecule has 1 amide bonds. The Labute approximate surface area is 110 Å². The van der Waals surface area contributed by atoms with Crippen LogP contribution in [-0.2, 0) is 14.3 Å². The lowest BCUT2D eigenvalue weighted by atomic mass is 9.82. The number of rotatable bonds is 5. The van der Waals surface area contributed by atoms with E-state index in [4.69, 9.17) is 0 Å². The lowest BCUT2D eigenvalue weighted by Gasteiger charge is -2.30. The number of carbonyl (C=O) groups is 2. The van der Waals surface area contributed by atoms with Gasteiger partial charge in [0.2, 0.25) is 5.91 Å². The summed E-state index contributed by atoms with van der Waals surface area (Å²) >= 11 is 0. The lowest BCUT2D eigenvalue weighted by Crippen LogP contribution is -2.38. The van der Waals surface area contributed by atoms with Crippen molar-refractivity contribution < 1.29 is 14.3 Å². The molecule has 104 valence electrons. The van der Waals surface area contributed by atoms with E-state index in [1.54, 1.807) is 4.90 Å². The van der Waals surface area contributed by atoms with E-state index in [-0.39, 0.29) is 17.8 Å². The van der Waals surface area contributed by atoms with Crippen LogP contribution in [0, 0.1) is 11.8 Å². The van der Waals surface area contributed by atoms with Crippen LogP contribution in [0.2, 0.25) is 0 Å². The van der Waals surface area contributed by atoms with Gasteiger partial charge in [0, 0.05) is 19.0 Å². The van der Waals surface area contributed by atoms with Crippen molar-refractivity contribution in [2.45, 2.75) is 46.0 Å². The van der Waals surface area contributed by atoms with Crippen molar-refractivity contribution in [1.82, 2.24) is 4.90 Å². The summed E-state index contributed by atoms with van der Waals surface area (Å²) in [4.78, 5) is 25.2. The number of carbonyl (C=O) groups excluding carboxylic acids is 2. The van der Waals surface area contributed by atoms with E-state index in [1.165, 1.54) is 7.11 Å². The third kappa shape index (κ3) is 4.31. The number of hydrogen-bond acceptors (Lipinski definition) is 3. The molecule has 1 aliphatic rings. The van der Waals surface area contributed by atoms with Crippen molar-refractivity contribution >= 4 is 11.9 Å². The summed E-state index contributed by atoms with van der Waals surface area (Å²) in [6.45, 7) is 5.35. The van der Waals surface area contributed by atoms with Crippen LogP contribution in [0.4, 0.5) is 0 Å². The van der Waals surface area contributed by atoms with Gasteiger partial charge in [-0.3, -0.25) is 9.59 Å². The van der Waals surface area contributed by atoms with Gasteiger partial charge in [-0.05, 0) is 38.5 Å². The molecule has 0 aliphatic heterocycles. The average molecular weight is 255 g/mol. The third-order valence-electron chi connectivity index (χ3n) is 3.87. The molecule has 1 saturated carbocycles. The maximum atomic E-state index is 12.3. The standard InChI is InChI=1S/C14H25NO3/c1-4-15(10-9-13(16)18-3)14(17)12-7-5-11(2)6-8-12/h11-12H,4-10H2,1-3H3. The van der Waals surface area contributed by atoms with Crippen molar-refractivity contribution in [2.75, 3.05) is 20.2 Å². The smallest absolute Gasteiger partial charge is 0.307 e. The molecule has 0 bridgehead atoms. The fourth-order valence-corrected chi connectivity index (χ4v) is 2.52. The van der Waals surface area contributed by atoms with E-state index in [0.29, 0.717) is 19.5 Å². The van der Waals surface area contributed by atoms with Crippen LogP contribution in [0.25, 0.3) is 0 Å². The van der Waals surface area contributed by atoms with Crippen LogP contribution in [0.1, 0.15) is 46.0 Å². The first kappa shape index (κ1) is 15.0. The van der Waals surface area contributed by atoms with Crippen molar-refractivity contribution in [3.05, 3.63) is 0 Å². The molecule has 0 heterocycles. The molecule has 0 N–H and O–H groups in total. The van der Waals surface area contributed by atoms with Crippen LogP contribution < -0.4 is 0 Å². The number of esters is 1. The third-order valence-corrected chi connectivity index (χ3v) is 3.87. The highest BCUT2D eigenvalue weighted by Gasteiger charge is 2.27. The maximum Gasteiger partial charge on any atom is 0.307 e. The molecule has 4 heteroatoms. The minimum absolute atomic E-state index is 0.166. The summed E-state index contributed by atoms with van der Waals surface area (Å²) in [5.74, 6) is 0.879. The fraction of sp³-hybridized carbons (Fsp3) is 0.857. The Morgan fingerprint density at radius 3 is 2.33 bits per heavy atom. The molecule has 0 unspecified atom stereocenters. The molecule has 18 heavy (non-hydrogen) atoms. The number of amides is 1. The zero-order valence-corrected chi connectivity index (χ0v) is 11.8. The van der Waals surface area contributed by atoms with Crippen molar-refractivity contribution in [3.8, 4) is 0 Å². The molecule has 0 radical (unpaired) electrons. The Hall–Kier alpha value is -1.06. The Kier molecular flexibility index (Phi) is 6.16. The van der Waals surface area contributed by atoms with E-state index in [9.17, 15) is 9.59 Å². The zero-order valence-electron chi connectivity index (χ0n) is 11.8. The van der Waals surface area contributed by atoms with Crippen LogP contribution in [0.5, 0.6) is 0 Å². The quantitative estimate of drug-likeness (QED) is 0.708. The van der Waals surface area contributed by atoms with Gasteiger partial charge in [0.15, 0.2) is 0 Å². The molecular formula is C14H25NO3. The number of nitrogens with zero attached hydrogens (tertiary/aromatic N) is 1. The van der Waals surface area contributed by atoms with E-state index >= 15 is 0 Å². The molecule has 0 saturated heterocycles. The van der Waals surface area contributed by atoms with Gasteiger partial charge in [0.1, 0.15) is 0 Å². The number of hydrogen-bond donors (Lipinski definition) is 0. The topological polar surface area (TPSA) is 46.6 Å². The highest BCUT2D eigenvalue weighted by atomic mass is 16.5. The Morgan fingerprint density at radius 1 is 1.22 bits per heavy atom. The lowest BCUT2D eigenvalue weighted by molar-refractivity contribution is -0.142. The summed E-state index contributed by atoms with van der Waals surface area (Å²) in [6, 6.07) is 0. The first-order valence-corrected chi connectivity index (χ1v) is 6.94. The van der Waals surface area contributed by atoms with Gasteiger partial charge in [-0.15, -0.1) is 0 Å². The summed E-state index contributed by atoms with van der Waals surface area (Å²) in [6.07, 6.45) is 4.57. The first-order valence-electron chi connectivity index (χ1n) is 6.94. The molecule has 1 rings (SSSR count). The number of methoxy groups -OCH3 is 1. The van der Waals surface area contributed by atoms with E-state index < -0.39 is 0 Å². The van der Waals surface area contributed by atoms with Gasteiger partial charge < -0.3 is 9.64 Å². The molecule has 0 aromatic rings.